The number of nitrogens with one attached hydrogen (secondary N) is 1. The molecular weight excluding hydrogens is 328 g/mol. The first-order valence-electron chi connectivity index (χ1n) is 7.63. The predicted molar refractivity (Wildman–Crippen MR) is 96.9 cm³/mol. The molecule has 1 atom stereocenters. The van der Waals surface area contributed by atoms with E-state index >= 15 is 0 Å². The molecule has 1 aromatic heterocycles. The second kappa shape index (κ2) is 8.88. The third kappa shape index (κ3) is 5.51. The molecule has 0 saturated heterocycles. The molecule has 1 heterocycles. The second-order valence-electron chi connectivity index (χ2n) is 5.24. The Bertz CT molecular complexity index is 618. The summed E-state index contributed by atoms with van der Waals surface area (Å²) in [5.74, 6) is 0.0946. The fraction of sp³-hybridized carbons (Fsp3) is 0.438. The minimum atomic E-state index is -0.185. The van der Waals surface area contributed by atoms with Crippen molar-refractivity contribution in [2.45, 2.75) is 36.4 Å². The van der Waals surface area contributed by atoms with E-state index in [4.69, 9.17) is 0 Å². The third-order valence-corrected chi connectivity index (χ3v) is 5.25. The second-order valence-corrected chi connectivity index (χ2v) is 7.81. The number of carbonyl (C=O) groups excluding carboxylic acids is 1. The lowest BCUT2D eigenvalue weighted by molar-refractivity contribution is -0.129. The van der Waals surface area contributed by atoms with Crippen molar-refractivity contribution in [1.82, 2.24) is 15.1 Å². The summed E-state index contributed by atoms with van der Waals surface area (Å²) in [7, 11) is 1.83. The molecule has 1 unspecified atom stereocenters. The average molecular weight is 351 g/mol. The number of aromatic nitrogens is 2. The predicted octanol–water partition coefficient (Wildman–Crippen LogP) is 3.50. The van der Waals surface area contributed by atoms with Crippen LogP contribution in [0.15, 0.2) is 34.7 Å². The van der Waals surface area contributed by atoms with Crippen LogP contribution in [-0.4, -0.2) is 39.8 Å². The van der Waals surface area contributed by atoms with Crippen molar-refractivity contribution < 1.29 is 4.79 Å². The molecule has 2 rings (SSSR count). The third-order valence-electron chi connectivity index (χ3n) is 3.20. The van der Waals surface area contributed by atoms with Crippen LogP contribution in [0, 0.1) is 0 Å². The highest BCUT2D eigenvalue weighted by Crippen LogP contribution is 2.29. The van der Waals surface area contributed by atoms with Crippen molar-refractivity contribution >= 4 is 34.1 Å². The number of hydrogen-bond acceptors (Lipinski definition) is 6. The number of nitrogens with zero attached hydrogens (tertiary/aromatic N) is 3. The normalized spacial score (nSPS) is 12.0. The number of amides is 1. The zero-order chi connectivity index (χ0) is 16.7. The van der Waals surface area contributed by atoms with Gasteiger partial charge in [-0.25, -0.2) is 0 Å². The standard InChI is InChI=1S/C16H22N4OS2/c1-4-10-17-15-18-19-16(23-15)22-12(2)14(21)20(3)11-13-8-6-5-7-9-13/h5-9,12H,4,10-11H2,1-3H3,(H,17,18). The van der Waals surface area contributed by atoms with Gasteiger partial charge in [-0.1, -0.05) is 60.4 Å². The highest BCUT2D eigenvalue weighted by Gasteiger charge is 2.20. The Labute approximate surface area is 145 Å². The van der Waals surface area contributed by atoms with Gasteiger partial charge >= 0.3 is 0 Å². The first-order chi connectivity index (χ1) is 11.1. The largest absolute Gasteiger partial charge is 0.360 e. The minimum absolute atomic E-state index is 0.0946. The van der Waals surface area contributed by atoms with Gasteiger partial charge in [-0.2, -0.15) is 0 Å². The molecule has 23 heavy (non-hydrogen) atoms. The van der Waals surface area contributed by atoms with Crippen molar-refractivity contribution in [2.24, 2.45) is 0 Å². The first kappa shape index (κ1) is 17.7. The number of hydrogen-bond donors (Lipinski definition) is 1. The molecule has 0 aliphatic carbocycles. The Morgan fingerprint density at radius 3 is 2.78 bits per heavy atom. The summed E-state index contributed by atoms with van der Waals surface area (Å²) >= 11 is 2.95. The number of anilines is 1. The Morgan fingerprint density at radius 2 is 2.09 bits per heavy atom. The number of benzene rings is 1. The van der Waals surface area contributed by atoms with Crippen LogP contribution in [0.25, 0.3) is 0 Å². The summed E-state index contributed by atoms with van der Waals surface area (Å²) in [5, 5.41) is 12.1. The van der Waals surface area contributed by atoms with Gasteiger partial charge in [-0.15, -0.1) is 10.2 Å². The van der Waals surface area contributed by atoms with Crippen LogP contribution < -0.4 is 5.32 Å². The van der Waals surface area contributed by atoms with Gasteiger partial charge in [0.25, 0.3) is 0 Å². The van der Waals surface area contributed by atoms with Crippen LogP contribution >= 0.6 is 23.1 Å². The van der Waals surface area contributed by atoms with Gasteiger partial charge in [0.05, 0.1) is 5.25 Å². The zero-order valence-electron chi connectivity index (χ0n) is 13.7. The van der Waals surface area contributed by atoms with Crippen molar-refractivity contribution in [3.8, 4) is 0 Å². The highest BCUT2D eigenvalue weighted by molar-refractivity contribution is 8.02. The average Bonchev–Trinajstić information content (AvgIpc) is 3.00. The number of thioether (sulfide) groups is 1. The molecule has 0 spiro atoms. The SMILES string of the molecule is CCCNc1nnc(SC(C)C(=O)N(C)Cc2ccccc2)s1. The van der Waals surface area contributed by atoms with E-state index in [1.54, 1.807) is 4.90 Å². The molecule has 5 nitrogen and oxygen atoms in total. The fourth-order valence-corrected chi connectivity index (χ4v) is 4.04. The van der Waals surface area contributed by atoms with Crippen molar-refractivity contribution in [3.05, 3.63) is 35.9 Å². The molecule has 2 aromatic rings. The molecule has 0 aliphatic heterocycles. The lowest BCUT2D eigenvalue weighted by atomic mass is 10.2. The molecule has 0 aliphatic rings. The Balaban J connectivity index is 1.87. The maximum absolute atomic E-state index is 12.5. The van der Waals surface area contributed by atoms with E-state index in [9.17, 15) is 4.79 Å². The van der Waals surface area contributed by atoms with Crippen LogP contribution in [0.3, 0.4) is 0 Å². The van der Waals surface area contributed by atoms with Crippen LogP contribution in [0.5, 0.6) is 0 Å². The molecule has 0 saturated carbocycles. The molecule has 1 amide bonds. The highest BCUT2D eigenvalue weighted by atomic mass is 32.2. The molecule has 0 radical (unpaired) electrons. The molecule has 7 heteroatoms. The maximum atomic E-state index is 12.5. The van der Waals surface area contributed by atoms with Crippen molar-refractivity contribution in [3.63, 3.8) is 0 Å². The lowest BCUT2D eigenvalue weighted by Gasteiger charge is -2.20. The lowest BCUT2D eigenvalue weighted by Crippen LogP contribution is -2.32. The number of carbonyl (C=O) groups is 1. The first-order valence-corrected chi connectivity index (χ1v) is 9.32. The summed E-state index contributed by atoms with van der Waals surface area (Å²) in [6.45, 7) is 5.51. The van der Waals surface area contributed by atoms with Crippen LogP contribution in [0.4, 0.5) is 5.13 Å². The summed E-state index contributed by atoms with van der Waals surface area (Å²) in [4.78, 5) is 14.2. The van der Waals surface area contributed by atoms with E-state index in [0.29, 0.717) is 6.54 Å². The smallest absolute Gasteiger partial charge is 0.235 e. The Morgan fingerprint density at radius 1 is 1.35 bits per heavy atom. The monoisotopic (exact) mass is 350 g/mol. The van der Waals surface area contributed by atoms with Crippen LogP contribution in [0.2, 0.25) is 0 Å². The molecule has 0 fully saturated rings. The van der Waals surface area contributed by atoms with Gasteiger partial charge in [-0.3, -0.25) is 4.79 Å². The Kier molecular flexibility index (Phi) is 6.85. The summed E-state index contributed by atoms with van der Waals surface area (Å²) in [5.41, 5.74) is 1.13. The molecule has 1 aromatic carbocycles. The van der Waals surface area contributed by atoms with Crippen molar-refractivity contribution in [1.29, 1.82) is 0 Å². The molecular formula is C16H22N4OS2. The summed E-state index contributed by atoms with van der Waals surface area (Å²) in [6.07, 6.45) is 1.04. The molecule has 124 valence electrons. The topological polar surface area (TPSA) is 58.1 Å². The van der Waals surface area contributed by atoms with Crippen LogP contribution in [-0.2, 0) is 11.3 Å². The van der Waals surface area contributed by atoms with E-state index in [-0.39, 0.29) is 11.2 Å². The van der Waals surface area contributed by atoms with E-state index in [0.717, 1.165) is 28.0 Å². The summed E-state index contributed by atoms with van der Waals surface area (Å²) in [6, 6.07) is 10.00. The zero-order valence-corrected chi connectivity index (χ0v) is 15.3. The van der Waals surface area contributed by atoms with Gasteiger partial charge in [-0.05, 0) is 18.9 Å². The number of rotatable bonds is 8. The van der Waals surface area contributed by atoms with Crippen LogP contribution in [0.1, 0.15) is 25.8 Å². The fourth-order valence-electron chi connectivity index (χ4n) is 2.01. The van der Waals surface area contributed by atoms with E-state index in [1.807, 2.05) is 44.3 Å². The minimum Gasteiger partial charge on any atom is -0.360 e. The molecule has 1 N–H and O–H groups in total. The quantitative estimate of drug-likeness (QED) is 0.739. The van der Waals surface area contributed by atoms with Gasteiger partial charge in [0.15, 0.2) is 4.34 Å². The Hall–Kier alpha value is -1.60. The summed E-state index contributed by atoms with van der Waals surface area (Å²) < 4.78 is 0.817. The van der Waals surface area contributed by atoms with E-state index in [2.05, 4.69) is 22.4 Å². The van der Waals surface area contributed by atoms with Gasteiger partial charge in [0.2, 0.25) is 11.0 Å². The van der Waals surface area contributed by atoms with E-state index < -0.39 is 0 Å². The van der Waals surface area contributed by atoms with Gasteiger partial charge in [0.1, 0.15) is 0 Å². The maximum Gasteiger partial charge on any atom is 0.235 e. The molecule has 0 bridgehead atoms. The van der Waals surface area contributed by atoms with Crippen molar-refractivity contribution in [2.75, 3.05) is 18.9 Å². The van der Waals surface area contributed by atoms with E-state index in [1.165, 1.54) is 23.1 Å². The van der Waals surface area contributed by atoms with Gasteiger partial charge in [0, 0.05) is 20.1 Å². The van der Waals surface area contributed by atoms with Gasteiger partial charge < -0.3 is 10.2 Å².